The molecule has 156 valence electrons. The van der Waals surface area contributed by atoms with E-state index in [2.05, 4.69) is 10.6 Å². The van der Waals surface area contributed by atoms with E-state index in [-0.39, 0.29) is 10.7 Å². The van der Waals surface area contributed by atoms with Gasteiger partial charge in [0, 0.05) is 0 Å². The Morgan fingerprint density at radius 1 is 0.833 bits per heavy atom. The van der Waals surface area contributed by atoms with E-state index in [1.165, 1.54) is 13.2 Å². The molecule has 0 atom stereocenters. The topological polar surface area (TPSA) is 95.1 Å². The summed E-state index contributed by atoms with van der Waals surface area (Å²) in [7, 11) is 3.11. The summed E-state index contributed by atoms with van der Waals surface area (Å²) in [6.45, 7) is 0.632. The molecule has 2 aromatic rings. The van der Waals surface area contributed by atoms with Gasteiger partial charge in [-0.2, -0.15) is 0 Å². The normalized spacial score (nSPS) is 13.3. The van der Waals surface area contributed by atoms with Crippen molar-refractivity contribution in [1.29, 1.82) is 0 Å². The SMILES string of the molecule is COc1ccc(OCCOc2ccc(C=C3C(=O)NC(=S)NC3=O)cc2OC)cc1. The average Bonchev–Trinajstić information content (AvgIpc) is 2.74. The van der Waals surface area contributed by atoms with E-state index in [1.807, 2.05) is 24.3 Å². The molecule has 0 bridgehead atoms. The van der Waals surface area contributed by atoms with Crippen LogP contribution < -0.4 is 29.6 Å². The first-order valence-electron chi connectivity index (χ1n) is 8.96. The van der Waals surface area contributed by atoms with Crippen molar-refractivity contribution in [3.63, 3.8) is 0 Å². The lowest BCUT2D eigenvalue weighted by atomic mass is 10.1. The Morgan fingerprint density at radius 3 is 2.10 bits per heavy atom. The summed E-state index contributed by atoms with van der Waals surface area (Å²) in [5.74, 6) is 1.32. The number of hydrogen-bond donors (Lipinski definition) is 2. The third-order valence-corrected chi connectivity index (χ3v) is 4.32. The lowest BCUT2D eigenvalue weighted by molar-refractivity contribution is -0.123. The number of methoxy groups -OCH3 is 2. The minimum atomic E-state index is -0.557. The van der Waals surface area contributed by atoms with Crippen molar-refractivity contribution >= 4 is 35.2 Å². The summed E-state index contributed by atoms with van der Waals surface area (Å²) in [6, 6.07) is 12.3. The molecule has 3 rings (SSSR count). The number of carbonyl (C=O) groups is 2. The van der Waals surface area contributed by atoms with E-state index in [0.29, 0.717) is 36.0 Å². The summed E-state index contributed by atoms with van der Waals surface area (Å²) in [5, 5.41) is 4.77. The Kier molecular flexibility index (Phi) is 6.87. The summed E-state index contributed by atoms with van der Waals surface area (Å²) in [5.41, 5.74) is 0.550. The molecule has 2 aromatic carbocycles. The Bertz CT molecular complexity index is 965. The molecule has 1 fully saturated rings. The number of ether oxygens (including phenoxy) is 4. The van der Waals surface area contributed by atoms with E-state index in [9.17, 15) is 9.59 Å². The minimum Gasteiger partial charge on any atom is -0.497 e. The van der Waals surface area contributed by atoms with E-state index < -0.39 is 11.8 Å². The van der Waals surface area contributed by atoms with Crippen LogP contribution in [0.2, 0.25) is 0 Å². The second-order valence-electron chi connectivity index (χ2n) is 6.08. The number of rotatable bonds is 8. The summed E-state index contributed by atoms with van der Waals surface area (Å²) < 4.78 is 21.8. The van der Waals surface area contributed by atoms with Crippen LogP contribution in [0, 0.1) is 0 Å². The van der Waals surface area contributed by atoms with Gasteiger partial charge in [0.2, 0.25) is 0 Å². The van der Waals surface area contributed by atoms with Crippen LogP contribution >= 0.6 is 12.2 Å². The van der Waals surface area contributed by atoms with Crippen LogP contribution in [0.1, 0.15) is 5.56 Å². The van der Waals surface area contributed by atoms with Gasteiger partial charge in [-0.25, -0.2) is 0 Å². The van der Waals surface area contributed by atoms with E-state index >= 15 is 0 Å². The Balaban J connectivity index is 1.61. The molecule has 1 heterocycles. The highest BCUT2D eigenvalue weighted by atomic mass is 32.1. The Labute approximate surface area is 178 Å². The first kappa shape index (κ1) is 21.1. The first-order chi connectivity index (χ1) is 14.5. The number of thiocarbonyl (C=S) groups is 1. The zero-order valence-corrected chi connectivity index (χ0v) is 17.2. The Morgan fingerprint density at radius 2 is 1.47 bits per heavy atom. The smallest absolute Gasteiger partial charge is 0.263 e. The van der Waals surface area contributed by atoms with Crippen molar-refractivity contribution in [2.45, 2.75) is 0 Å². The predicted molar refractivity (Wildman–Crippen MR) is 114 cm³/mol. The fourth-order valence-corrected chi connectivity index (χ4v) is 2.83. The quantitative estimate of drug-likeness (QED) is 0.288. The van der Waals surface area contributed by atoms with E-state index in [4.69, 9.17) is 31.2 Å². The van der Waals surface area contributed by atoms with Gasteiger partial charge in [-0.1, -0.05) is 6.07 Å². The van der Waals surface area contributed by atoms with Gasteiger partial charge in [0.15, 0.2) is 16.6 Å². The molecule has 0 spiro atoms. The van der Waals surface area contributed by atoms with Crippen LogP contribution in [-0.2, 0) is 9.59 Å². The molecular formula is C21H20N2O6S. The van der Waals surface area contributed by atoms with Gasteiger partial charge in [-0.15, -0.1) is 0 Å². The molecule has 2 N–H and O–H groups in total. The predicted octanol–water partition coefficient (Wildman–Crippen LogP) is 2.08. The molecule has 0 aromatic heterocycles. The van der Waals surface area contributed by atoms with Gasteiger partial charge in [-0.3, -0.25) is 20.2 Å². The molecule has 1 aliphatic heterocycles. The second kappa shape index (κ2) is 9.75. The van der Waals surface area contributed by atoms with Gasteiger partial charge < -0.3 is 18.9 Å². The van der Waals surface area contributed by atoms with Crippen LogP contribution in [-0.4, -0.2) is 44.4 Å². The maximum atomic E-state index is 12.0. The van der Waals surface area contributed by atoms with Gasteiger partial charge in [0.25, 0.3) is 11.8 Å². The summed E-state index contributed by atoms with van der Waals surface area (Å²) >= 11 is 4.78. The molecule has 0 radical (unpaired) electrons. The molecule has 30 heavy (non-hydrogen) atoms. The van der Waals surface area contributed by atoms with Gasteiger partial charge in [-0.05, 0) is 60.3 Å². The monoisotopic (exact) mass is 428 g/mol. The second-order valence-corrected chi connectivity index (χ2v) is 6.49. The molecule has 1 aliphatic rings. The highest BCUT2D eigenvalue weighted by molar-refractivity contribution is 7.80. The van der Waals surface area contributed by atoms with Crippen LogP contribution in [0.4, 0.5) is 0 Å². The lowest BCUT2D eigenvalue weighted by Crippen LogP contribution is -2.51. The fraction of sp³-hybridized carbons (Fsp3) is 0.190. The molecular weight excluding hydrogens is 408 g/mol. The number of amides is 2. The van der Waals surface area contributed by atoms with Gasteiger partial charge in [0.1, 0.15) is 30.3 Å². The standard InChI is InChI=1S/C21H20N2O6S/c1-26-14-4-6-15(7-5-14)28-9-10-29-17-8-3-13(12-18(17)27-2)11-16-19(24)22-21(30)23-20(16)25/h3-8,11-12H,9-10H2,1-2H3,(H2,22,23,24,25,30). The average molecular weight is 428 g/mol. The lowest BCUT2D eigenvalue weighted by Gasteiger charge is -2.16. The molecule has 8 nitrogen and oxygen atoms in total. The Hall–Kier alpha value is -3.59. The number of nitrogens with one attached hydrogen (secondary N) is 2. The van der Waals surface area contributed by atoms with Crippen LogP contribution in [0.25, 0.3) is 6.08 Å². The van der Waals surface area contributed by atoms with Crippen LogP contribution in [0.3, 0.4) is 0 Å². The number of carbonyl (C=O) groups excluding carboxylic acids is 2. The minimum absolute atomic E-state index is 0.0136. The molecule has 2 amide bonds. The number of hydrogen-bond acceptors (Lipinski definition) is 7. The van der Waals surface area contributed by atoms with E-state index in [1.54, 1.807) is 25.3 Å². The molecule has 0 saturated carbocycles. The largest absolute Gasteiger partial charge is 0.497 e. The van der Waals surface area contributed by atoms with Crippen molar-refractivity contribution in [2.24, 2.45) is 0 Å². The van der Waals surface area contributed by atoms with E-state index in [0.717, 1.165) is 5.75 Å². The van der Waals surface area contributed by atoms with Crippen molar-refractivity contribution in [3.8, 4) is 23.0 Å². The molecule has 0 aliphatic carbocycles. The zero-order chi connectivity index (χ0) is 21.5. The van der Waals surface area contributed by atoms with Crippen molar-refractivity contribution < 1.29 is 28.5 Å². The van der Waals surface area contributed by atoms with Crippen LogP contribution in [0.15, 0.2) is 48.0 Å². The van der Waals surface area contributed by atoms with Gasteiger partial charge >= 0.3 is 0 Å². The summed E-state index contributed by atoms with van der Waals surface area (Å²) in [6.07, 6.45) is 1.45. The summed E-state index contributed by atoms with van der Waals surface area (Å²) in [4.78, 5) is 23.9. The zero-order valence-electron chi connectivity index (χ0n) is 16.4. The third-order valence-electron chi connectivity index (χ3n) is 4.11. The van der Waals surface area contributed by atoms with Crippen molar-refractivity contribution in [2.75, 3.05) is 27.4 Å². The molecule has 9 heteroatoms. The number of benzene rings is 2. The molecule has 1 saturated heterocycles. The third kappa shape index (κ3) is 5.26. The van der Waals surface area contributed by atoms with Crippen molar-refractivity contribution in [1.82, 2.24) is 10.6 Å². The van der Waals surface area contributed by atoms with Crippen molar-refractivity contribution in [3.05, 3.63) is 53.6 Å². The first-order valence-corrected chi connectivity index (χ1v) is 9.37. The van der Waals surface area contributed by atoms with Crippen LogP contribution in [0.5, 0.6) is 23.0 Å². The maximum Gasteiger partial charge on any atom is 0.263 e. The highest BCUT2D eigenvalue weighted by Gasteiger charge is 2.25. The van der Waals surface area contributed by atoms with Gasteiger partial charge in [0.05, 0.1) is 14.2 Å². The maximum absolute atomic E-state index is 12.0. The highest BCUT2D eigenvalue weighted by Crippen LogP contribution is 2.29. The fourth-order valence-electron chi connectivity index (χ4n) is 2.65. The molecule has 0 unspecified atom stereocenters.